The molecular weight excluding hydrogens is 275 g/mol. The van der Waals surface area contributed by atoms with E-state index in [1.165, 1.54) is 6.07 Å². The molecule has 0 saturated carbocycles. The van der Waals surface area contributed by atoms with Crippen LogP contribution in [0.5, 0.6) is 0 Å². The van der Waals surface area contributed by atoms with Gasteiger partial charge in [0.2, 0.25) is 0 Å². The fourth-order valence-corrected chi connectivity index (χ4v) is 3.58. The molecule has 1 aliphatic heterocycles. The summed E-state index contributed by atoms with van der Waals surface area (Å²) in [4.78, 5) is 0. The third kappa shape index (κ3) is 4.18. The average molecular weight is 299 g/mol. The van der Waals surface area contributed by atoms with Gasteiger partial charge in [0.1, 0.15) is 5.82 Å². The molecule has 0 radical (unpaired) electrons. The maximum atomic E-state index is 13.1. The highest BCUT2D eigenvalue weighted by Gasteiger charge is 2.37. The van der Waals surface area contributed by atoms with Crippen molar-refractivity contribution >= 4 is 11.6 Å². The van der Waals surface area contributed by atoms with Gasteiger partial charge in [-0.25, -0.2) is 4.39 Å². The molecule has 1 fully saturated rings. The predicted molar refractivity (Wildman–Crippen MR) is 82.6 cm³/mol. The minimum absolute atomic E-state index is 0.125. The van der Waals surface area contributed by atoms with Gasteiger partial charge in [0, 0.05) is 23.7 Å². The first-order chi connectivity index (χ1) is 9.17. The Kier molecular flexibility index (Phi) is 4.43. The van der Waals surface area contributed by atoms with E-state index in [9.17, 15) is 4.39 Å². The molecule has 2 rings (SSSR count). The van der Waals surface area contributed by atoms with Gasteiger partial charge in [0.05, 0.1) is 5.02 Å². The molecule has 1 saturated heterocycles. The highest BCUT2D eigenvalue weighted by molar-refractivity contribution is 6.30. The lowest BCUT2D eigenvalue weighted by atomic mass is 9.79. The van der Waals surface area contributed by atoms with E-state index < -0.39 is 0 Å². The molecule has 2 nitrogen and oxygen atoms in total. The number of benzene rings is 1. The smallest absolute Gasteiger partial charge is 0.141 e. The molecule has 1 aromatic carbocycles. The Morgan fingerprint density at radius 2 is 1.85 bits per heavy atom. The predicted octanol–water partition coefficient (Wildman–Crippen LogP) is 3.88. The lowest BCUT2D eigenvalue weighted by molar-refractivity contribution is 0.145. The third-order valence-electron chi connectivity index (χ3n) is 3.77. The molecule has 20 heavy (non-hydrogen) atoms. The molecule has 0 atom stereocenters. The summed E-state index contributed by atoms with van der Waals surface area (Å²) in [6.07, 6.45) is 2.15. The van der Waals surface area contributed by atoms with Gasteiger partial charge in [-0.2, -0.15) is 0 Å². The summed E-state index contributed by atoms with van der Waals surface area (Å²) >= 11 is 5.81. The number of rotatable bonds is 3. The summed E-state index contributed by atoms with van der Waals surface area (Å²) in [7, 11) is 0. The van der Waals surface area contributed by atoms with Crippen LogP contribution in [0.1, 0.15) is 46.1 Å². The average Bonchev–Trinajstić information content (AvgIpc) is 2.27. The van der Waals surface area contributed by atoms with Crippen LogP contribution in [0.25, 0.3) is 0 Å². The first kappa shape index (κ1) is 15.7. The van der Waals surface area contributed by atoms with Gasteiger partial charge in [-0.15, -0.1) is 0 Å². The zero-order chi connectivity index (χ0) is 15.0. The van der Waals surface area contributed by atoms with Gasteiger partial charge in [-0.3, -0.25) is 0 Å². The highest BCUT2D eigenvalue weighted by Crippen LogP contribution is 2.28. The normalized spacial score (nSPS) is 21.9. The van der Waals surface area contributed by atoms with E-state index in [0.29, 0.717) is 6.04 Å². The summed E-state index contributed by atoms with van der Waals surface area (Å²) < 4.78 is 13.1. The molecule has 0 aromatic heterocycles. The zero-order valence-corrected chi connectivity index (χ0v) is 13.4. The van der Waals surface area contributed by atoms with Crippen LogP contribution < -0.4 is 10.6 Å². The molecule has 0 unspecified atom stereocenters. The molecule has 0 bridgehead atoms. The molecule has 1 heterocycles. The van der Waals surface area contributed by atoms with E-state index in [1.807, 2.05) is 0 Å². The van der Waals surface area contributed by atoms with Crippen molar-refractivity contribution in [2.24, 2.45) is 0 Å². The van der Waals surface area contributed by atoms with Crippen LogP contribution in [0.4, 0.5) is 4.39 Å². The summed E-state index contributed by atoms with van der Waals surface area (Å²) in [6.45, 7) is 9.65. The van der Waals surface area contributed by atoms with Crippen LogP contribution in [0.2, 0.25) is 5.02 Å². The molecule has 2 N–H and O–H groups in total. The van der Waals surface area contributed by atoms with Crippen molar-refractivity contribution in [1.82, 2.24) is 10.6 Å². The fourth-order valence-electron chi connectivity index (χ4n) is 3.38. The number of hydrogen-bond acceptors (Lipinski definition) is 2. The Morgan fingerprint density at radius 1 is 1.25 bits per heavy atom. The highest BCUT2D eigenvalue weighted by atomic mass is 35.5. The standard InChI is InChI=1S/C16H24ClFN2/c1-15(2)8-12(9-16(3,4)20-15)19-10-11-5-6-14(18)13(17)7-11/h5-7,12,19-20H,8-10H2,1-4H3. The first-order valence-electron chi connectivity index (χ1n) is 7.14. The molecule has 1 aliphatic rings. The second kappa shape index (κ2) is 5.63. The Hall–Kier alpha value is -0.640. The topological polar surface area (TPSA) is 24.1 Å². The fraction of sp³-hybridized carbons (Fsp3) is 0.625. The van der Waals surface area contributed by atoms with Crippen LogP contribution in [0, 0.1) is 5.82 Å². The summed E-state index contributed by atoms with van der Waals surface area (Å²) in [5.41, 5.74) is 1.27. The lowest BCUT2D eigenvalue weighted by Gasteiger charge is -2.46. The van der Waals surface area contributed by atoms with E-state index >= 15 is 0 Å². The van der Waals surface area contributed by atoms with Crippen molar-refractivity contribution in [3.05, 3.63) is 34.6 Å². The third-order valence-corrected chi connectivity index (χ3v) is 4.06. The van der Waals surface area contributed by atoms with Crippen molar-refractivity contribution in [3.8, 4) is 0 Å². The monoisotopic (exact) mass is 298 g/mol. The van der Waals surface area contributed by atoms with E-state index in [2.05, 4.69) is 38.3 Å². The second-order valence-electron chi connectivity index (χ2n) is 7.13. The Morgan fingerprint density at radius 3 is 2.40 bits per heavy atom. The lowest BCUT2D eigenvalue weighted by Crippen LogP contribution is -2.61. The number of nitrogens with one attached hydrogen (secondary N) is 2. The minimum Gasteiger partial charge on any atom is -0.310 e. The number of piperidine rings is 1. The quantitative estimate of drug-likeness (QED) is 0.885. The van der Waals surface area contributed by atoms with Gasteiger partial charge in [0.15, 0.2) is 0 Å². The second-order valence-corrected chi connectivity index (χ2v) is 7.53. The van der Waals surface area contributed by atoms with Gasteiger partial charge in [-0.05, 0) is 58.2 Å². The molecule has 0 aliphatic carbocycles. The SMILES string of the molecule is CC1(C)CC(NCc2ccc(F)c(Cl)c2)CC(C)(C)N1. The van der Waals surface area contributed by atoms with E-state index in [-0.39, 0.29) is 21.9 Å². The molecule has 1 aromatic rings. The Balaban J connectivity index is 1.98. The maximum absolute atomic E-state index is 13.1. The van der Waals surface area contributed by atoms with Gasteiger partial charge in [0.25, 0.3) is 0 Å². The van der Waals surface area contributed by atoms with Crippen molar-refractivity contribution in [2.75, 3.05) is 0 Å². The summed E-state index contributed by atoms with van der Waals surface area (Å²) in [5.74, 6) is -0.362. The molecule has 112 valence electrons. The van der Waals surface area contributed by atoms with E-state index in [1.54, 1.807) is 12.1 Å². The van der Waals surface area contributed by atoms with Crippen LogP contribution >= 0.6 is 11.6 Å². The molecular formula is C16H24ClFN2. The summed E-state index contributed by atoms with van der Waals surface area (Å²) in [5, 5.41) is 7.43. The van der Waals surface area contributed by atoms with Gasteiger partial charge < -0.3 is 10.6 Å². The van der Waals surface area contributed by atoms with E-state index in [4.69, 9.17) is 11.6 Å². The van der Waals surface area contributed by atoms with Gasteiger partial charge >= 0.3 is 0 Å². The maximum Gasteiger partial charge on any atom is 0.141 e. The van der Waals surface area contributed by atoms with Crippen molar-refractivity contribution in [3.63, 3.8) is 0 Å². The van der Waals surface area contributed by atoms with Crippen LogP contribution in [-0.2, 0) is 6.54 Å². The van der Waals surface area contributed by atoms with Crippen molar-refractivity contribution in [1.29, 1.82) is 0 Å². The van der Waals surface area contributed by atoms with Crippen LogP contribution in [0.15, 0.2) is 18.2 Å². The molecule has 4 heteroatoms. The van der Waals surface area contributed by atoms with Crippen LogP contribution in [0.3, 0.4) is 0 Å². The largest absolute Gasteiger partial charge is 0.310 e. The zero-order valence-electron chi connectivity index (χ0n) is 12.7. The molecule has 0 amide bonds. The molecule has 0 spiro atoms. The van der Waals surface area contributed by atoms with E-state index in [0.717, 1.165) is 24.9 Å². The number of hydrogen-bond donors (Lipinski definition) is 2. The minimum atomic E-state index is -0.362. The van der Waals surface area contributed by atoms with Crippen molar-refractivity contribution in [2.45, 2.75) is 64.2 Å². The summed E-state index contributed by atoms with van der Waals surface area (Å²) in [6, 6.07) is 5.35. The first-order valence-corrected chi connectivity index (χ1v) is 7.51. The van der Waals surface area contributed by atoms with Crippen molar-refractivity contribution < 1.29 is 4.39 Å². The Bertz CT molecular complexity index is 469. The van der Waals surface area contributed by atoms with Gasteiger partial charge in [-0.1, -0.05) is 17.7 Å². The number of halogens is 2. The Labute approximate surface area is 126 Å². The van der Waals surface area contributed by atoms with Crippen LogP contribution in [-0.4, -0.2) is 17.1 Å².